The average Bonchev–Trinajstić information content (AvgIpc) is 3.09. The molecule has 1 aliphatic rings. The van der Waals surface area contributed by atoms with Crippen molar-refractivity contribution in [2.45, 2.75) is 31.7 Å². The number of primary amides is 1. The molecule has 1 atom stereocenters. The number of thiophene rings is 1. The number of aromatic nitrogens is 2. The number of piperidine rings is 1. The normalized spacial score (nSPS) is 18.1. The van der Waals surface area contributed by atoms with Crippen LogP contribution in [0, 0.1) is 0 Å². The molecular weight excluding hydrogens is 403 g/mol. The van der Waals surface area contributed by atoms with Gasteiger partial charge in [-0.05, 0) is 48.4 Å². The highest BCUT2D eigenvalue weighted by Crippen LogP contribution is 2.37. The van der Waals surface area contributed by atoms with Crippen LogP contribution in [0.2, 0.25) is 5.02 Å². The van der Waals surface area contributed by atoms with E-state index in [2.05, 4.69) is 16.3 Å². The summed E-state index contributed by atoms with van der Waals surface area (Å²) in [4.78, 5) is 12.9. The zero-order valence-corrected chi connectivity index (χ0v) is 16.8. The molecule has 1 fully saturated rings. The first-order chi connectivity index (χ1) is 13.0. The molecule has 2 N–H and O–H groups in total. The van der Waals surface area contributed by atoms with Crippen molar-refractivity contribution in [3.05, 3.63) is 46.7 Å². The fraction of sp³-hybridized carbons (Fsp3) is 0.316. The minimum atomic E-state index is -0.569. The van der Waals surface area contributed by atoms with Crippen molar-refractivity contribution < 1.29 is 4.79 Å². The third-order valence-electron chi connectivity index (χ3n) is 4.88. The second kappa shape index (κ2) is 7.72. The summed E-state index contributed by atoms with van der Waals surface area (Å²) in [6.07, 6.45) is 3.99. The molecule has 1 saturated heterocycles. The van der Waals surface area contributed by atoms with E-state index in [1.165, 1.54) is 11.3 Å². The number of hydrogen-bond acceptors (Lipinski definition) is 5. The maximum atomic E-state index is 11.8. The Balaban J connectivity index is 1.79. The van der Waals surface area contributed by atoms with Crippen molar-refractivity contribution in [3.8, 4) is 10.4 Å². The third-order valence-corrected chi connectivity index (χ3v) is 6.76. The third kappa shape index (κ3) is 3.80. The van der Waals surface area contributed by atoms with Crippen LogP contribution in [0.4, 0.5) is 0 Å². The van der Waals surface area contributed by atoms with Gasteiger partial charge in [0.05, 0.1) is 10.4 Å². The van der Waals surface area contributed by atoms with Crippen molar-refractivity contribution in [3.63, 3.8) is 0 Å². The minimum Gasteiger partial charge on any atom is -0.364 e. The van der Waals surface area contributed by atoms with Gasteiger partial charge in [-0.25, -0.2) is 4.42 Å². The van der Waals surface area contributed by atoms with Gasteiger partial charge in [0.15, 0.2) is 5.69 Å². The Hall–Kier alpha value is -1.73. The maximum absolute atomic E-state index is 11.8. The molecule has 0 aliphatic carbocycles. The first kappa shape index (κ1) is 18.6. The lowest BCUT2D eigenvalue weighted by Gasteiger charge is -2.29. The van der Waals surface area contributed by atoms with Crippen LogP contribution in [0.15, 0.2) is 30.3 Å². The van der Waals surface area contributed by atoms with Crippen LogP contribution in [-0.2, 0) is 6.42 Å². The van der Waals surface area contributed by atoms with E-state index >= 15 is 0 Å². The Labute approximate surface area is 171 Å². The van der Waals surface area contributed by atoms with E-state index in [4.69, 9.17) is 29.1 Å². The molecule has 27 heavy (non-hydrogen) atoms. The lowest BCUT2D eigenvalue weighted by atomic mass is 9.99. The molecular formula is C19H18Cl2N4OS. The molecule has 0 spiro atoms. The summed E-state index contributed by atoms with van der Waals surface area (Å²) in [5.74, 6) is -0.569. The Morgan fingerprint density at radius 2 is 2.04 bits per heavy atom. The van der Waals surface area contributed by atoms with Crippen LogP contribution in [0.5, 0.6) is 0 Å². The van der Waals surface area contributed by atoms with Gasteiger partial charge in [-0.3, -0.25) is 4.79 Å². The number of nitrogens with zero attached hydrogens (tertiary/aromatic N) is 3. The molecule has 3 aromatic rings. The summed E-state index contributed by atoms with van der Waals surface area (Å²) < 4.78 is 2.64. The lowest BCUT2D eigenvalue weighted by Crippen LogP contribution is -2.34. The van der Waals surface area contributed by atoms with Crippen molar-refractivity contribution in [2.24, 2.45) is 5.73 Å². The summed E-state index contributed by atoms with van der Waals surface area (Å²) in [6, 6.07) is 9.89. The lowest BCUT2D eigenvalue weighted by molar-refractivity contribution is 0.0996. The highest BCUT2D eigenvalue weighted by atomic mass is 35.5. The Morgan fingerprint density at radius 3 is 2.74 bits per heavy atom. The highest BCUT2D eigenvalue weighted by molar-refractivity contribution is 7.22. The molecule has 0 bridgehead atoms. The molecule has 140 valence electrons. The number of fused-ring (bicyclic) bond motifs is 1. The summed E-state index contributed by atoms with van der Waals surface area (Å²) in [5.41, 5.74) is 7.61. The van der Waals surface area contributed by atoms with Gasteiger partial charge < -0.3 is 5.73 Å². The molecule has 1 aromatic carbocycles. The first-order valence-electron chi connectivity index (χ1n) is 8.80. The van der Waals surface area contributed by atoms with Gasteiger partial charge in [-0.15, -0.1) is 16.4 Å². The van der Waals surface area contributed by atoms with Gasteiger partial charge in [0.1, 0.15) is 0 Å². The standard InChI is InChI=1S/C19H18Cl2N4OS/c20-12-6-4-11(5-7-12)16-10-14-15(9-13-3-1-2-8-25(13)21)23-24-17(19(22)26)18(14)27-16/h4-7,10,13H,1-3,8-9H2,(H2,22,26). The average molecular weight is 421 g/mol. The largest absolute Gasteiger partial charge is 0.364 e. The van der Waals surface area contributed by atoms with Crippen LogP contribution >= 0.6 is 34.7 Å². The van der Waals surface area contributed by atoms with Crippen molar-refractivity contribution >= 4 is 50.7 Å². The fourth-order valence-corrected chi connectivity index (χ4v) is 5.04. The van der Waals surface area contributed by atoms with Crippen LogP contribution in [0.1, 0.15) is 35.4 Å². The van der Waals surface area contributed by atoms with E-state index in [-0.39, 0.29) is 11.7 Å². The molecule has 0 radical (unpaired) electrons. The van der Waals surface area contributed by atoms with Gasteiger partial charge in [0.25, 0.3) is 5.91 Å². The number of rotatable bonds is 4. The number of halogens is 2. The number of nitrogens with two attached hydrogens (primary N) is 1. The maximum Gasteiger partial charge on any atom is 0.270 e. The number of carbonyl (C=O) groups excluding carboxylic acids is 1. The van der Waals surface area contributed by atoms with E-state index in [9.17, 15) is 4.79 Å². The van der Waals surface area contributed by atoms with Crippen molar-refractivity contribution in [2.75, 3.05) is 6.54 Å². The molecule has 0 saturated carbocycles. The zero-order chi connectivity index (χ0) is 19.0. The number of benzene rings is 1. The molecule has 1 amide bonds. The summed E-state index contributed by atoms with van der Waals surface area (Å²) in [6.45, 7) is 0.877. The van der Waals surface area contributed by atoms with Gasteiger partial charge in [0.2, 0.25) is 0 Å². The van der Waals surface area contributed by atoms with Crippen molar-refractivity contribution in [1.29, 1.82) is 0 Å². The van der Waals surface area contributed by atoms with Gasteiger partial charge in [-0.2, -0.15) is 5.10 Å². The quantitative estimate of drug-likeness (QED) is 0.622. The van der Waals surface area contributed by atoms with E-state index in [1.54, 1.807) is 0 Å². The predicted molar refractivity (Wildman–Crippen MR) is 110 cm³/mol. The van der Waals surface area contributed by atoms with Gasteiger partial charge in [0, 0.05) is 34.3 Å². The second-order valence-electron chi connectivity index (χ2n) is 6.70. The SMILES string of the molecule is NC(=O)c1nnc(CC2CCCCN2Cl)c2cc(-c3ccc(Cl)cc3)sc12. The molecule has 4 rings (SSSR count). The Bertz CT molecular complexity index is 989. The van der Waals surface area contributed by atoms with Gasteiger partial charge in [-0.1, -0.05) is 30.2 Å². The molecule has 2 aromatic heterocycles. The molecule has 5 nitrogen and oxygen atoms in total. The summed E-state index contributed by atoms with van der Waals surface area (Å²) in [7, 11) is 0. The van der Waals surface area contributed by atoms with E-state index in [0.29, 0.717) is 11.4 Å². The van der Waals surface area contributed by atoms with Crippen LogP contribution in [0.3, 0.4) is 0 Å². The highest BCUT2D eigenvalue weighted by Gasteiger charge is 2.24. The van der Waals surface area contributed by atoms with Crippen molar-refractivity contribution in [1.82, 2.24) is 14.6 Å². The zero-order valence-electron chi connectivity index (χ0n) is 14.5. The number of hydrogen-bond donors (Lipinski definition) is 1. The number of carbonyl (C=O) groups is 1. The van der Waals surface area contributed by atoms with Gasteiger partial charge >= 0.3 is 0 Å². The molecule has 8 heteroatoms. The monoisotopic (exact) mass is 420 g/mol. The Morgan fingerprint density at radius 1 is 1.26 bits per heavy atom. The molecule has 1 aliphatic heterocycles. The van der Waals surface area contributed by atoms with E-state index in [0.717, 1.165) is 52.0 Å². The fourth-order valence-electron chi connectivity index (χ4n) is 3.45. The molecule has 1 unspecified atom stereocenters. The smallest absolute Gasteiger partial charge is 0.270 e. The van der Waals surface area contributed by atoms with E-state index in [1.807, 2.05) is 28.7 Å². The van der Waals surface area contributed by atoms with Crippen LogP contribution in [0.25, 0.3) is 20.5 Å². The minimum absolute atomic E-state index is 0.213. The first-order valence-corrected chi connectivity index (χ1v) is 10.3. The predicted octanol–water partition coefficient (Wildman–Crippen LogP) is 4.66. The second-order valence-corrected chi connectivity index (χ2v) is 8.62. The summed E-state index contributed by atoms with van der Waals surface area (Å²) >= 11 is 13.9. The van der Waals surface area contributed by atoms with Crippen LogP contribution in [-0.4, -0.2) is 33.1 Å². The molecule has 3 heterocycles. The topological polar surface area (TPSA) is 72.1 Å². The van der Waals surface area contributed by atoms with Crippen LogP contribution < -0.4 is 5.73 Å². The summed E-state index contributed by atoms with van der Waals surface area (Å²) in [5, 5.41) is 10.1. The number of amides is 1. The van der Waals surface area contributed by atoms with E-state index < -0.39 is 5.91 Å². The Kier molecular flexibility index (Phi) is 5.32.